The fraction of sp³-hybridized carbons (Fsp3) is 0.407. The molecule has 1 aromatic carbocycles. The molecule has 2 aromatic heterocycles. The lowest BCUT2D eigenvalue weighted by Crippen LogP contribution is -2.26. The van der Waals surface area contributed by atoms with Crippen LogP contribution in [-0.2, 0) is 17.8 Å². The lowest BCUT2D eigenvalue weighted by atomic mass is 9.76. The second-order valence-electron chi connectivity index (χ2n) is 9.89. The van der Waals surface area contributed by atoms with Gasteiger partial charge >= 0.3 is 6.29 Å². The summed E-state index contributed by atoms with van der Waals surface area (Å²) in [6, 6.07) is 5.07. The first kappa shape index (κ1) is 21.0. The van der Waals surface area contributed by atoms with Crippen molar-refractivity contribution in [2.24, 2.45) is 0 Å². The lowest BCUT2D eigenvalue weighted by molar-refractivity contribution is -0.286. The van der Waals surface area contributed by atoms with Crippen LogP contribution in [0.15, 0.2) is 23.0 Å². The molecule has 8 heteroatoms. The highest BCUT2D eigenvalue weighted by atomic mass is 19.3. The van der Waals surface area contributed by atoms with E-state index in [1.807, 2.05) is 13.0 Å². The van der Waals surface area contributed by atoms with E-state index in [1.54, 1.807) is 10.6 Å². The molecular weight excluding hydrogens is 454 g/mol. The Morgan fingerprint density at radius 3 is 2.54 bits per heavy atom. The molecule has 7 rings (SSSR count). The van der Waals surface area contributed by atoms with Crippen LogP contribution in [0.1, 0.15) is 73.6 Å². The number of carbonyl (C=O) groups is 1. The van der Waals surface area contributed by atoms with Crippen molar-refractivity contribution in [1.29, 1.82) is 0 Å². The maximum Gasteiger partial charge on any atom is 0.586 e. The van der Waals surface area contributed by atoms with Gasteiger partial charge in [0, 0.05) is 29.0 Å². The highest BCUT2D eigenvalue weighted by Gasteiger charge is 2.44. The van der Waals surface area contributed by atoms with Crippen LogP contribution >= 0.6 is 0 Å². The minimum atomic E-state index is -3.70. The molecule has 4 aliphatic rings. The normalized spacial score (nSPS) is 20.4. The number of hydrogen-bond donors (Lipinski definition) is 0. The van der Waals surface area contributed by atoms with E-state index in [9.17, 15) is 18.4 Å². The summed E-state index contributed by atoms with van der Waals surface area (Å²) in [7, 11) is 0. The van der Waals surface area contributed by atoms with Gasteiger partial charge in [0.25, 0.3) is 5.56 Å². The van der Waals surface area contributed by atoms with Gasteiger partial charge in [-0.3, -0.25) is 9.59 Å². The fourth-order valence-electron chi connectivity index (χ4n) is 6.13. The van der Waals surface area contributed by atoms with Crippen LogP contribution in [0, 0.1) is 5.92 Å². The molecule has 1 radical (unpaired) electrons. The molecule has 6 nitrogen and oxygen atoms in total. The topological polar surface area (TPSA) is 70.4 Å². The van der Waals surface area contributed by atoms with Crippen molar-refractivity contribution in [1.82, 2.24) is 9.55 Å². The largest absolute Gasteiger partial charge is 0.586 e. The first-order chi connectivity index (χ1) is 16.8. The maximum absolute atomic E-state index is 13.8. The Morgan fingerprint density at radius 2 is 1.83 bits per heavy atom. The molecule has 4 heterocycles. The number of halogens is 2. The first-order valence-electron chi connectivity index (χ1n) is 12.3. The number of aromatic nitrogens is 2. The number of alkyl halides is 2. The third-order valence-corrected chi connectivity index (χ3v) is 7.97. The summed E-state index contributed by atoms with van der Waals surface area (Å²) in [6.45, 7) is 2.34. The number of nitrogens with zero attached hydrogens (tertiary/aromatic N) is 2. The van der Waals surface area contributed by atoms with Gasteiger partial charge in [0.2, 0.25) is 0 Å². The van der Waals surface area contributed by atoms with E-state index in [0.717, 1.165) is 41.3 Å². The minimum absolute atomic E-state index is 0.00455. The molecule has 0 spiro atoms. The molecule has 1 saturated carbocycles. The van der Waals surface area contributed by atoms with Crippen LogP contribution in [0.5, 0.6) is 11.5 Å². The third kappa shape index (κ3) is 2.95. The molecule has 2 aliphatic carbocycles. The summed E-state index contributed by atoms with van der Waals surface area (Å²) >= 11 is 0. The molecule has 179 valence electrons. The Hall–Kier alpha value is -3.29. The summed E-state index contributed by atoms with van der Waals surface area (Å²) < 4.78 is 38.7. The second-order valence-corrected chi connectivity index (χ2v) is 9.89. The van der Waals surface area contributed by atoms with Crippen LogP contribution in [0.25, 0.3) is 22.3 Å². The van der Waals surface area contributed by atoms with Crippen molar-refractivity contribution in [3.05, 3.63) is 56.7 Å². The van der Waals surface area contributed by atoms with E-state index in [0.29, 0.717) is 60.6 Å². The SMILES string of the molecule is CC[C]1C(=O)CCCc2c1cc1n(c2=O)Cc2c-1nc1cc3c(cc1c2C1CCC1)OC(F)(F)O3. The molecule has 0 unspecified atom stereocenters. The Labute approximate surface area is 199 Å². The predicted molar refractivity (Wildman–Crippen MR) is 124 cm³/mol. The second kappa shape index (κ2) is 7.12. The molecule has 0 saturated heterocycles. The van der Waals surface area contributed by atoms with Crippen LogP contribution in [0.2, 0.25) is 0 Å². The number of benzene rings is 1. The zero-order valence-electron chi connectivity index (χ0n) is 19.2. The number of Topliss-reactive ketones (excluding diaryl/α,β-unsaturated/α-hetero) is 1. The van der Waals surface area contributed by atoms with Crippen LogP contribution in [-0.4, -0.2) is 21.6 Å². The molecule has 0 atom stereocenters. The lowest BCUT2D eigenvalue weighted by Gasteiger charge is -2.29. The number of pyridine rings is 2. The van der Waals surface area contributed by atoms with Crippen molar-refractivity contribution in [3.63, 3.8) is 0 Å². The summed E-state index contributed by atoms with van der Waals surface area (Å²) in [5.74, 6) is 1.04. The van der Waals surface area contributed by atoms with Crippen LogP contribution in [0.3, 0.4) is 0 Å². The Balaban J connectivity index is 1.49. The molecule has 2 aliphatic heterocycles. The quantitative estimate of drug-likeness (QED) is 0.369. The van der Waals surface area contributed by atoms with Gasteiger partial charge in [-0.25, -0.2) is 4.98 Å². The van der Waals surface area contributed by atoms with Gasteiger partial charge < -0.3 is 14.0 Å². The van der Waals surface area contributed by atoms with Crippen molar-refractivity contribution in [2.75, 3.05) is 0 Å². The maximum atomic E-state index is 13.8. The standard InChI is InChI=1S/C27H23F2N2O4/c1-2-14-16-9-20-25-18(12-31(20)26(33)15(16)7-4-8-21(14)32)24(13-5-3-6-13)17-10-22-23(11-19(17)30-25)35-27(28,29)34-22/h9-11,13H,2-8,12H2,1H3. The Morgan fingerprint density at radius 1 is 1.06 bits per heavy atom. The Bertz CT molecular complexity index is 1510. The van der Waals surface area contributed by atoms with Gasteiger partial charge in [0.05, 0.1) is 29.4 Å². The van der Waals surface area contributed by atoms with Crippen molar-refractivity contribution < 1.29 is 23.0 Å². The van der Waals surface area contributed by atoms with E-state index >= 15 is 0 Å². The first-order valence-corrected chi connectivity index (χ1v) is 12.3. The number of ether oxygens (including phenoxy) is 2. The predicted octanol–water partition coefficient (Wildman–Crippen LogP) is 5.25. The summed E-state index contributed by atoms with van der Waals surface area (Å²) in [5.41, 5.74) is 5.35. The highest BCUT2D eigenvalue weighted by molar-refractivity contribution is 5.97. The number of hydrogen-bond acceptors (Lipinski definition) is 5. The van der Waals surface area contributed by atoms with Gasteiger partial charge in [-0.2, -0.15) is 0 Å². The van der Waals surface area contributed by atoms with Crippen molar-refractivity contribution in [2.45, 2.75) is 70.6 Å². The van der Waals surface area contributed by atoms with E-state index in [-0.39, 0.29) is 28.8 Å². The van der Waals surface area contributed by atoms with Gasteiger partial charge in [-0.05, 0) is 61.3 Å². The van der Waals surface area contributed by atoms with Gasteiger partial charge in [0.15, 0.2) is 11.5 Å². The van der Waals surface area contributed by atoms with Gasteiger partial charge in [-0.1, -0.05) is 13.3 Å². The summed E-state index contributed by atoms with van der Waals surface area (Å²) in [5, 5.41) is 0.770. The average molecular weight is 477 g/mol. The zero-order chi connectivity index (χ0) is 24.1. The fourth-order valence-corrected chi connectivity index (χ4v) is 6.13. The zero-order valence-corrected chi connectivity index (χ0v) is 19.2. The van der Waals surface area contributed by atoms with E-state index in [2.05, 4.69) is 4.74 Å². The summed E-state index contributed by atoms with van der Waals surface area (Å²) in [4.78, 5) is 31.3. The number of fused-ring (bicyclic) bond motifs is 6. The number of ketones is 1. The van der Waals surface area contributed by atoms with Gasteiger partial charge in [0.1, 0.15) is 5.78 Å². The average Bonchev–Trinajstić information content (AvgIpc) is 3.22. The monoisotopic (exact) mass is 477 g/mol. The van der Waals surface area contributed by atoms with E-state index < -0.39 is 6.29 Å². The van der Waals surface area contributed by atoms with E-state index in [1.165, 1.54) is 6.07 Å². The van der Waals surface area contributed by atoms with E-state index in [4.69, 9.17) is 9.72 Å². The molecular formula is C27H23F2N2O4. The molecule has 0 bridgehead atoms. The molecule has 35 heavy (non-hydrogen) atoms. The third-order valence-electron chi connectivity index (χ3n) is 7.97. The number of rotatable bonds is 2. The van der Waals surface area contributed by atoms with Crippen molar-refractivity contribution in [3.8, 4) is 22.9 Å². The smallest absolute Gasteiger partial charge is 0.395 e. The molecule has 0 amide bonds. The minimum Gasteiger partial charge on any atom is -0.395 e. The Kier molecular flexibility index (Phi) is 4.28. The molecule has 3 aromatic rings. The molecule has 0 N–H and O–H groups in total. The highest BCUT2D eigenvalue weighted by Crippen LogP contribution is 2.50. The van der Waals surface area contributed by atoms with Gasteiger partial charge in [-0.15, -0.1) is 8.78 Å². The molecule has 1 fully saturated rings. The number of carbonyl (C=O) groups excluding carboxylic acids is 1. The summed E-state index contributed by atoms with van der Waals surface area (Å²) in [6.07, 6.45) is 1.68. The van der Waals surface area contributed by atoms with Crippen LogP contribution in [0.4, 0.5) is 8.78 Å². The van der Waals surface area contributed by atoms with Crippen LogP contribution < -0.4 is 15.0 Å². The van der Waals surface area contributed by atoms with Crippen molar-refractivity contribution >= 4 is 16.7 Å².